The molecule has 1 N–H and O–H groups in total. The molecular formula is C15H14BrNOS. The first-order chi connectivity index (χ1) is 9.15. The van der Waals surface area contributed by atoms with E-state index in [9.17, 15) is 4.79 Å². The predicted molar refractivity (Wildman–Crippen MR) is 84.1 cm³/mol. The number of halogens is 1. The summed E-state index contributed by atoms with van der Waals surface area (Å²) in [4.78, 5) is 12.9. The van der Waals surface area contributed by atoms with Gasteiger partial charge in [-0.25, -0.2) is 0 Å². The summed E-state index contributed by atoms with van der Waals surface area (Å²) in [6, 6.07) is 11.9. The Kier molecular flexibility index (Phi) is 4.93. The molecule has 2 nitrogen and oxygen atoms in total. The maximum Gasteiger partial charge on any atom is 0.244 e. The first kappa shape index (κ1) is 14.0. The van der Waals surface area contributed by atoms with Gasteiger partial charge >= 0.3 is 0 Å². The molecule has 1 amide bonds. The van der Waals surface area contributed by atoms with Crippen molar-refractivity contribution >= 4 is 39.2 Å². The molecule has 0 unspecified atom stereocenters. The van der Waals surface area contributed by atoms with Gasteiger partial charge in [-0.2, -0.15) is 0 Å². The summed E-state index contributed by atoms with van der Waals surface area (Å²) in [5.74, 6) is -0.0798. The zero-order chi connectivity index (χ0) is 13.7. The fourth-order valence-electron chi connectivity index (χ4n) is 1.64. The Bertz CT molecular complexity index is 560. The minimum atomic E-state index is -0.0798. The van der Waals surface area contributed by atoms with Crippen molar-refractivity contribution in [1.82, 2.24) is 5.32 Å². The Labute approximate surface area is 125 Å². The standard InChI is InChI=1S/C15H14BrNOS/c1-11(12-4-6-13(16)7-5-12)17-15(18)9-8-14-3-2-10-19-14/h2-11H,1H3,(H,17,18)/b9-8+/t11-/m0/s1. The molecule has 2 rings (SSSR count). The van der Waals surface area contributed by atoms with E-state index in [1.165, 1.54) is 0 Å². The SMILES string of the molecule is C[C@H](NC(=O)/C=C/c1cccs1)c1ccc(Br)cc1. The van der Waals surface area contributed by atoms with Crippen LogP contribution in [0.4, 0.5) is 0 Å². The Morgan fingerprint density at radius 1 is 1.32 bits per heavy atom. The normalized spacial score (nSPS) is 12.5. The van der Waals surface area contributed by atoms with Crippen molar-refractivity contribution in [3.05, 3.63) is 62.8 Å². The second-order valence-electron chi connectivity index (χ2n) is 4.13. The number of thiophene rings is 1. The molecule has 0 fully saturated rings. The molecule has 0 aliphatic carbocycles. The molecule has 2 aromatic rings. The number of carbonyl (C=O) groups excluding carboxylic acids is 1. The lowest BCUT2D eigenvalue weighted by Gasteiger charge is -2.12. The minimum Gasteiger partial charge on any atom is -0.346 e. The number of hydrogen-bond donors (Lipinski definition) is 1. The van der Waals surface area contributed by atoms with Crippen molar-refractivity contribution in [2.45, 2.75) is 13.0 Å². The quantitative estimate of drug-likeness (QED) is 0.824. The fourth-order valence-corrected chi connectivity index (χ4v) is 2.52. The number of carbonyl (C=O) groups is 1. The van der Waals surface area contributed by atoms with E-state index in [0.717, 1.165) is 14.9 Å². The van der Waals surface area contributed by atoms with Gasteiger partial charge in [0, 0.05) is 15.4 Å². The van der Waals surface area contributed by atoms with E-state index in [-0.39, 0.29) is 11.9 Å². The van der Waals surface area contributed by atoms with Crippen molar-refractivity contribution in [3.8, 4) is 0 Å². The summed E-state index contributed by atoms with van der Waals surface area (Å²) in [7, 11) is 0. The van der Waals surface area contributed by atoms with E-state index < -0.39 is 0 Å². The van der Waals surface area contributed by atoms with Crippen LogP contribution >= 0.6 is 27.3 Å². The second kappa shape index (κ2) is 6.68. The van der Waals surface area contributed by atoms with Crippen LogP contribution in [-0.2, 0) is 4.79 Å². The molecule has 0 aliphatic heterocycles. The van der Waals surface area contributed by atoms with Crippen LogP contribution in [-0.4, -0.2) is 5.91 Å². The van der Waals surface area contributed by atoms with Crippen molar-refractivity contribution < 1.29 is 4.79 Å². The van der Waals surface area contributed by atoms with Crippen LogP contribution in [0.1, 0.15) is 23.4 Å². The molecule has 0 radical (unpaired) electrons. The third kappa shape index (κ3) is 4.33. The Balaban J connectivity index is 1.93. The highest BCUT2D eigenvalue weighted by atomic mass is 79.9. The van der Waals surface area contributed by atoms with Crippen molar-refractivity contribution in [3.63, 3.8) is 0 Å². The third-order valence-corrected chi connectivity index (χ3v) is 4.04. The Morgan fingerprint density at radius 3 is 2.68 bits per heavy atom. The molecule has 4 heteroatoms. The van der Waals surface area contributed by atoms with E-state index in [2.05, 4.69) is 21.2 Å². The number of nitrogens with one attached hydrogen (secondary N) is 1. The topological polar surface area (TPSA) is 29.1 Å². The average Bonchev–Trinajstić information content (AvgIpc) is 2.90. The van der Waals surface area contributed by atoms with Crippen LogP contribution in [0.2, 0.25) is 0 Å². The number of hydrogen-bond acceptors (Lipinski definition) is 2. The van der Waals surface area contributed by atoms with E-state index in [1.54, 1.807) is 17.4 Å². The van der Waals surface area contributed by atoms with Crippen LogP contribution in [0.25, 0.3) is 6.08 Å². The lowest BCUT2D eigenvalue weighted by Crippen LogP contribution is -2.24. The average molecular weight is 336 g/mol. The highest BCUT2D eigenvalue weighted by Crippen LogP contribution is 2.16. The first-order valence-corrected chi connectivity index (χ1v) is 7.60. The van der Waals surface area contributed by atoms with Crippen molar-refractivity contribution in [1.29, 1.82) is 0 Å². The van der Waals surface area contributed by atoms with Gasteiger partial charge in [-0.1, -0.05) is 34.1 Å². The maximum absolute atomic E-state index is 11.8. The Morgan fingerprint density at radius 2 is 2.05 bits per heavy atom. The molecule has 0 saturated heterocycles. The van der Waals surface area contributed by atoms with Crippen LogP contribution in [0.5, 0.6) is 0 Å². The largest absolute Gasteiger partial charge is 0.346 e. The van der Waals surface area contributed by atoms with Gasteiger partial charge < -0.3 is 5.32 Å². The molecule has 0 spiro atoms. The first-order valence-electron chi connectivity index (χ1n) is 5.93. The number of benzene rings is 1. The molecule has 0 bridgehead atoms. The zero-order valence-electron chi connectivity index (χ0n) is 10.5. The molecule has 98 valence electrons. The third-order valence-electron chi connectivity index (χ3n) is 2.67. The van der Waals surface area contributed by atoms with Gasteiger partial charge in [-0.05, 0) is 42.1 Å². The molecule has 1 atom stereocenters. The smallest absolute Gasteiger partial charge is 0.244 e. The summed E-state index contributed by atoms with van der Waals surface area (Å²) < 4.78 is 1.03. The van der Waals surface area contributed by atoms with Gasteiger partial charge in [-0.15, -0.1) is 11.3 Å². The van der Waals surface area contributed by atoms with Crippen LogP contribution < -0.4 is 5.32 Å². The van der Waals surface area contributed by atoms with E-state index >= 15 is 0 Å². The summed E-state index contributed by atoms with van der Waals surface area (Å²) in [6.45, 7) is 1.97. The highest BCUT2D eigenvalue weighted by molar-refractivity contribution is 9.10. The predicted octanol–water partition coefficient (Wildman–Crippen LogP) is 4.40. The lowest BCUT2D eigenvalue weighted by atomic mass is 10.1. The van der Waals surface area contributed by atoms with Gasteiger partial charge in [0.05, 0.1) is 6.04 Å². The fraction of sp³-hybridized carbons (Fsp3) is 0.133. The molecule has 0 saturated carbocycles. The van der Waals surface area contributed by atoms with Gasteiger partial charge in [0.2, 0.25) is 5.91 Å². The Hall–Kier alpha value is -1.39. The van der Waals surface area contributed by atoms with Crippen LogP contribution in [0, 0.1) is 0 Å². The van der Waals surface area contributed by atoms with Gasteiger partial charge in [0.25, 0.3) is 0 Å². The van der Waals surface area contributed by atoms with Crippen molar-refractivity contribution in [2.24, 2.45) is 0 Å². The zero-order valence-corrected chi connectivity index (χ0v) is 12.9. The molecule has 1 heterocycles. The summed E-state index contributed by atoms with van der Waals surface area (Å²) in [5, 5.41) is 4.93. The monoisotopic (exact) mass is 335 g/mol. The number of amides is 1. The lowest BCUT2D eigenvalue weighted by molar-refractivity contribution is -0.117. The van der Waals surface area contributed by atoms with Crippen LogP contribution in [0.3, 0.4) is 0 Å². The molecule has 1 aromatic carbocycles. The van der Waals surface area contributed by atoms with Gasteiger partial charge in [0.15, 0.2) is 0 Å². The number of rotatable bonds is 4. The molecule has 19 heavy (non-hydrogen) atoms. The maximum atomic E-state index is 11.8. The van der Waals surface area contributed by atoms with Gasteiger partial charge in [-0.3, -0.25) is 4.79 Å². The second-order valence-corrected chi connectivity index (χ2v) is 6.03. The van der Waals surface area contributed by atoms with Crippen molar-refractivity contribution in [2.75, 3.05) is 0 Å². The van der Waals surface area contributed by atoms with E-state index in [0.29, 0.717) is 0 Å². The summed E-state index contributed by atoms with van der Waals surface area (Å²) in [6.07, 6.45) is 3.40. The molecular weight excluding hydrogens is 322 g/mol. The summed E-state index contributed by atoms with van der Waals surface area (Å²) in [5.41, 5.74) is 1.08. The molecule has 0 aliphatic rings. The highest BCUT2D eigenvalue weighted by Gasteiger charge is 2.06. The molecule has 1 aromatic heterocycles. The summed E-state index contributed by atoms with van der Waals surface area (Å²) >= 11 is 5.00. The van der Waals surface area contributed by atoms with E-state index in [1.807, 2.05) is 54.8 Å². The minimum absolute atomic E-state index is 0.00594. The van der Waals surface area contributed by atoms with Crippen LogP contribution in [0.15, 0.2) is 52.3 Å². The van der Waals surface area contributed by atoms with Gasteiger partial charge in [0.1, 0.15) is 0 Å². The van der Waals surface area contributed by atoms with E-state index in [4.69, 9.17) is 0 Å².